The lowest BCUT2D eigenvalue weighted by Gasteiger charge is -2.23. The quantitative estimate of drug-likeness (QED) is 0.901. The number of pyridine rings is 1. The molecule has 2 heterocycles. The van der Waals surface area contributed by atoms with E-state index in [1.807, 2.05) is 0 Å². The molecule has 0 amide bonds. The van der Waals surface area contributed by atoms with Crippen LogP contribution in [0.5, 0.6) is 0 Å². The summed E-state index contributed by atoms with van der Waals surface area (Å²) in [5.41, 5.74) is 2.55. The summed E-state index contributed by atoms with van der Waals surface area (Å²) in [6.45, 7) is 12.0. The molecule has 118 valence electrons. The van der Waals surface area contributed by atoms with E-state index in [4.69, 9.17) is 4.98 Å². The Morgan fingerprint density at radius 2 is 2.00 bits per heavy atom. The first-order chi connectivity index (χ1) is 10.1. The summed E-state index contributed by atoms with van der Waals surface area (Å²) in [7, 11) is 2.21. The van der Waals surface area contributed by atoms with Gasteiger partial charge in [-0.25, -0.2) is 4.98 Å². The number of nitrogens with one attached hydrogen (secondary N) is 1. The van der Waals surface area contributed by atoms with E-state index in [0.717, 1.165) is 38.4 Å². The molecule has 0 aromatic carbocycles. The topological polar surface area (TPSA) is 31.4 Å². The Morgan fingerprint density at radius 1 is 1.19 bits per heavy atom. The summed E-state index contributed by atoms with van der Waals surface area (Å²) in [5, 5.41) is 3.51. The van der Waals surface area contributed by atoms with Gasteiger partial charge in [0.1, 0.15) is 5.82 Å². The van der Waals surface area contributed by atoms with Crippen molar-refractivity contribution in [1.82, 2.24) is 15.2 Å². The summed E-state index contributed by atoms with van der Waals surface area (Å²) >= 11 is 0. The van der Waals surface area contributed by atoms with Gasteiger partial charge in [-0.3, -0.25) is 0 Å². The van der Waals surface area contributed by atoms with Crippen molar-refractivity contribution in [2.45, 2.75) is 46.2 Å². The van der Waals surface area contributed by atoms with Crippen molar-refractivity contribution in [2.24, 2.45) is 0 Å². The molecule has 21 heavy (non-hydrogen) atoms. The van der Waals surface area contributed by atoms with Crippen molar-refractivity contribution in [3.05, 3.63) is 23.4 Å². The second kappa shape index (κ2) is 7.76. The van der Waals surface area contributed by atoms with Crippen molar-refractivity contribution in [2.75, 3.05) is 38.1 Å². The van der Waals surface area contributed by atoms with Gasteiger partial charge in [0, 0.05) is 37.9 Å². The van der Waals surface area contributed by atoms with Crippen LogP contribution in [0.4, 0.5) is 5.82 Å². The van der Waals surface area contributed by atoms with Crippen LogP contribution in [0, 0.1) is 0 Å². The molecule has 1 N–H and O–H groups in total. The summed E-state index contributed by atoms with van der Waals surface area (Å²) in [6, 6.07) is 5.02. The lowest BCUT2D eigenvalue weighted by atomic mass is 10.1. The fourth-order valence-corrected chi connectivity index (χ4v) is 2.68. The van der Waals surface area contributed by atoms with E-state index in [2.05, 4.69) is 55.1 Å². The van der Waals surface area contributed by atoms with E-state index in [9.17, 15) is 0 Å². The van der Waals surface area contributed by atoms with Gasteiger partial charge in [0.15, 0.2) is 0 Å². The SMILES string of the molecule is CCc1cc(CNC(C)C)cc(N2CCCN(C)CC2)n1. The maximum absolute atomic E-state index is 4.85. The molecule has 1 aromatic heterocycles. The minimum absolute atomic E-state index is 0.513. The van der Waals surface area contributed by atoms with Gasteiger partial charge in [0.25, 0.3) is 0 Å². The van der Waals surface area contributed by atoms with Crippen molar-refractivity contribution < 1.29 is 0 Å². The molecule has 0 radical (unpaired) electrons. The Bertz CT molecular complexity index is 444. The van der Waals surface area contributed by atoms with Gasteiger partial charge in [-0.1, -0.05) is 20.8 Å². The van der Waals surface area contributed by atoms with Gasteiger partial charge in [-0.15, -0.1) is 0 Å². The molecular weight excluding hydrogens is 260 g/mol. The molecule has 1 fully saturated rings. The second-order valence-electron chi connectivity index (χ2n) is 6.36. The Labute approximate surface area is 129 Å². The van der Waals surface area contributed by atoms with E-state index in [1.54, 1.807) is 0 Å². The van der Waals surface area contributed by atoms with Gasteiger partial charge in [0.05, 0.1) is 0 Å². The zero-order valence-corrected chi connectivity index (χ0v) is 14.0. The van der Waals surface area contributed by atoms with E-state index >= 15 is 0 Å². The minimum atomic E-state index is 0.513. The molecule has 0 bridgehead atoms. The van der Waals surface area contributed by atoms with Gasteiger partial charge >= 0.3 is 0 Å². The summed E-state index contributed by atoms with van der Waals surface area (Å²) in [4.78, 5) is 9.70. The van der Waals surface area contributed by atoms with E-state index in [-0.39, 0.29) is 0 Å². The Balaban J connectivity index is 2.15. The standard InChI is InChI=1S/C17H30N4/c1-5-16-11-15(13-18-14(2)3)12-17(19-16)21-8-6-7-20(4)9-10-21/h11-12,14,18H,5-10,13H2,1-4H3. The molecule has 1 saturated heterocycles. The van der Waals surface area contributed by atoms with E-state index in [1.165, 1.54) is 24.2 Å². The van der Waals surface area contributed by atoms with Crippen LogP contribution >= 0.6 is 0 Å². The van der Waals surface area contributed by atoms with Crippen LogP contribution in [0.15, 0.2) is 12.1 Å². The third kappa shape index (κ3) is 4.97. The highest BCUT2D eigenvalue weighted by atomic mass is 15.2. The Kier molecular flexibility index (Phi) is 6.00. The number of aryl methyl sites for hydroxylation is 1. The lowest BCUT2D eigenvalue weighted by molar-refractivity contribution is 0.360. The molecule has 0 spiro atoms. The smallest absolute Gasteiger partial charge is 0.129 e. The number of likely N-dealkylation sites (N-methyl/N-ethyl adjacent to an activating group) is 1. The van der Waals surface area contributed by atoms with Gasteiger partial charge in [-0.2, -0.15) is 0 Å². The molecule has 0 aliphatic carbocycles. The van der Waals surface area contributed by atoms with Crippen molar-refractivity contribution in [3.8, 4) is 0 Å². The van der Waals surface area contributed by atoms with Crippen LogP contribution in [0.1, 0.15) is 38.4 Å². The highest BCUT2D eigenvalue weighted by Crippen LogP contribution is 2.18. The molecule has 1 aromatic rings. The molecule has 1 aliphatic rings. The fraction of sp³-hybridized carbons (Fsp3) is 0.706. The van der Waals surface area contributed by atoms with Crippen LogP contribution in [-0.2, 0) is 13.0 Å². The van der Waals surface area contributed by atoms with Gasteiger partial charge < -0.3 is 15.1 Å². The van der Waals surface area contributed by atoms with E-state index < -0.39 is 0 Å². The maximum Gasteiger partial charge on any atom is 0.129 e. The lowest BCUT2D eigenvalue weighted by Crippen LogP contribution is -2.30. The number of nitrogens with zero attached hydrogens (tertiary/aromatic N) is 3. The normalized spacial score (nSPS) is 17.3. The number of anilines is 1. The monoisotopic (exact) mass is 290 g/mol. The highest BCUT2D eigenvalue weighted by Gasteiger charge is 2.15. The number of aromatic nitrogens is 1. The summed E-state index contributed by atoms with van der Waals surface area (Å²) in [6.07, 6.45) is 2.21. The molecule has 2 rings (SSSR count). The fourth-order valence-electron chi connectivity index (χ4n) is 2.68. The van der Waals surface area contributed by atoms with Crippen LogP contribution in [0.2, 0.25) is 0 Å². The average Bonchev–Trinajstić information content (AvgIpc) is 2.69. The highest BCUT2D eigenvalue weighted by molar-refractivity contribution is 5.43. The van der Waals surface area contributed by atoms with Crippen molar-refractivity contribution in [1.29, 1.82) is 0 Å². The van der Waals surface area contributed by atoms with Gasteiger partial charge in [-0.05, 0) is 44.1 Å². The average molecular weight is 290 g/mol. The van der Waals surface area contributed by atoms with Crippen LogP contribution in [0.25, 0.3) is 0 Å². The number of hydrogen-bond acceptors (Lipinski definition) is 4. The zero-order valence-electron chi connectivity index (χ0n) is 14.0. The van der Waals surface area contributed by atoms with Crippen molar-refractivity contribution >= 4 is 5.82 Å². The first-order valence-corrected chi connectivity index (χ1v) is 8.25. The molecule has 0 saturated carbocycles. The third-order valence-electron chi connectivity index (χ3n) is 4.04. The van der Waals surface area contributed by atoms with Gasteiger partial charge in [0.2, 0.25) is 0 Å². The maximum atomic E-state index is 4.85. The van der Waals surface area contributed by atoms with Crippen LogP contribution in [-0.4, -0.2) is 49.2 Å². The molecule has 0 unspecified atom stereocenters. The summed E-state index contributed by atoms with van der Waals surface area (Å²) in [5.74, 6) is 1.16. The Morgan fingerprint density at radius 3 is 2.71 bits per heavy atom. The first-order valence-electron chi connectivity index (χ1n) is 8.25. The predicted molar refractivity (Wildman–Crippen MR) is 89.9 cm³/mol. The van der Waals surface area contributed by atoms with Crippen LogP contribution < -0.4 is 10.2 Å². The molecule has 4 heteroatoms. The molecular formula is C17H30N4. The minimum Gasteiger partial charge on any atom is -0.355 e. The predicted octanol–water partition coefficient (Wildman–Crippen LogP) is 2.28. The number of hydrogen-bond donors (Lipinski definition) is 1. The third-order valence-corrected chi connectivity index (χ3v) is 4.04. The molecule has 0 atom stereocenters. The number of rotatable bonds is 5. The zero-order chi connectivity index (χ0) is 15.2. The molecule has 4 nitrogen and oxygen atoms in total. The summed E-state index contributed by atoms with van der Waals surface area (Å²) < 4.78 is 0. The largest absolute Gasteiger partial charge is 0.355 e. The molecule has 1 aliphatic heterocycles. The van der Waals surface area contributed by atoms with E-state index in [0.29, 0.717) is 6.04 Å². The Hall–Kier alpha value is -1.13. The van der Waals surface area contributed by atoms with Crippen LogP contribution in [0.3, 0.4) is 0 Å². The first kappa shape index (κ1) is 16.2. The van der Waals surface area contributed by atoms with Crippen molar-refractivity contribution in [3.63, 3.8) is 0 Å². The second-order valence-corrected chi connectivity index (χ2v) is 6.36.